The molecule has 0 unspecified atom stereocenters. The molecule has 2 N–H and O–H groups in total. The fourth-order valence-electron chi connectivity index (χ4n) is 1.02. The molecule has 0 atom stereocenters. The molecule has 1 aromatic rings. The first-order chi connectivity index (χ1) is 4.38. The Labute approximate surface area is 52.1 Å². The van der Waals surface area contributed by atoms with E-state index in [1.807, 2.05) is 6.20 Å². The van der Waals surface area contributed by atoms with E-state index in [0.717, 1.165) is 11.1 Å². The van der Waals surface area contributed by atoms with Crippen LogP contribution in [0.4, 0.5) is 0 Å². The molecule has 2 heterocycles. The number of amides is 1. The highest BCUT2D eigenvalue weighted by atomic mass is 16.1. The minimum absolute atomic E-state index is 0.0336. The number of nitrogens with one attached hydrogen (secondary N) is 2. The van der Waals surface area contributed by atoms with Gasteiger partial charge in [-0.05, 0) is 0 Å². The van der Waals surface area contributed by atoms with Gasteiger partial charge in [0.2, 0.25) is 0 Å². The zero-order chi connectivity index (χ0) is 6.27. The van der Waals surface area contributed by atoms with Crippen LogP contribution >= 0.6 is 0 Å². The highest BCUT2D eigenvalue weighted by Gasteiger charge is 2.17. The van der Waals surface area contributed by atoms with Gasteiger partial charge in [0.25, 0.3) is 5.91 Å². The van der Waals surface area contributed by atoms with Crippen molar-refractivity contribution in [2.24, 2.45) is 0 Å². The Bertz CT molecular complexity index is 251. The van der Waals surface area contributed by atoms with Crippen molar-refractivity contribution in [2.45, 2.75) is 6.54 Å². The summed E-state index contributed by atoms with van der Waals surface area (Å²) in [7, 11) is 0. The van der Waals surface area contributed by atoms with Crippen LogP contribution in [-0.2, 0) is 6.54 Å². The average molecular weight is 122 g/mol. The minimum atomic E-state index is 0.0336. The maximum Gasteiger partial charge on any atom is 0.253 e. The Balaban J connectivity index is 2.61. The number of aromatic nitrogens is 1. The molecule has 1 aromatic heterocycles. The van der Waals surface area contributed by atoms with Crippen LogP contribution in [0.3, 0.4) is 0 Å². The smallest absolute Gasteiger partial charge is 0.253 e. The predicted octanol–water partition coefficient (Wildman–Crippen LogP) is 0.258. The van der Waals surface area contributed by atoms with Crippen molar-refractivity contribution in [3.05, 3.63) is 23.5 Å². The molecule has 0 bridgehead atoms. The number of carbonyl (C=O) groups is 1. The van der Waals surface area contributed by atoms with Crippen LogP contribution in [0.2, 0.25) is 0 Å². The van der Waals surface area contributed by atoms with Crippen molar-refractivity contribution in [1.29, 1.82) is 0 Å². The molecule has 46 valence electrons. The zero-order valence-corrected chi connectivity index (χ0v) is 4.77. The van der Waals surface area contributed by atoms with Crippen LogP contribution in [0.25, 0.3) is 0 Å². The summed E-state index contributed by atoms with van der Waals surface area (Å²) in [5, 5.41) is 2.71. The van der Waals surface area contributed by atoms with Crippen LogP contribution < -0.4 is 5.32 Å². The van der Waals surface area contributed by atoms with Gasteiger partial charge in [0.05, 0.1) is 5.56 Å². The lowest BCUT2D eigenvalue weighted by atomic mass is 10.2. The second kappa shape index (κ2) is 1.37. The minimum Gasteiger partial charge on any atom is -0.367 e. The van der Waals surface area contributed by atoms with E-state index in [9.17, 15) is 4.79 Å². The molecule has 0 aromatic carbocycles. The summed E-state index contributed by atoms with van der Waals surface area (Å²) in [6.45, 7) is 0.678. The molecule has 0 spiro atoms. The summed E-state index contributed by atoms with van der Waals surface area (Å²) in [6.07, 6.45) is 3.56. The molecule has 3 nitrogen and oxygen atoms in total. The van der Waals surface area contributed by atoms with Crippen molar-refractivity contribution in [1.82, 2.24) is 10.3 Å². The van der Waals surface area contributed by atoms with Gasteiger partial charge in [-0.2, -0.15) is 0 Å². The molecule has 0 fully saturated rings. The van der Waals surface area contributed by atoms with E-state index in [2.05, 4.69) is 10.3 Å². The van der Waals surface area contributed by atoms with Crippen molar-refractivity contribution in [2.75, 3.05) is 0 Å². The molecule has 0 saturated carbocycles. The van der Waals surface area contributed by atoms with E-state index >= 15 is 0 Å². The summed E-state index contributed by atoms with van der Waals surface area (Å²) in [5.41, 5.74) is 1.86. The maximum atomic E-state index is 10.8. The molecular formula is C6H6N2O. The number of hydrogen-bond acceptors (Lipinski definition) is 1. The fraction of sp³-hybridized carbons (Fsp3) is 0.167. The standard InChI is InChI=1S/C6H6N2O/c9-6-5-3-7-1-4(5)2-8-6/h1,3,7H,2H2,(H,8,9). The van der Waals surface area contributed by atoms with Crippen molar-refractivity contribution in [3.8, 4) is 0 Å². The second-order valence-electron chi connectivity index (χ2n) is 2.08. The molecule has 1 aliphatic heterocycles. The SMILES string of the molecule is O=C1NCc2c[nH]cc21. The highest BCUT2D eigenvalue weighted by Crippen LogP contribution is 2.12. The van der Waals surface area contributed by atoms with Gasteiger partial charge < -0.3 is 10.3 Å². The predicted molar refractivity (Wildman–Crippen MR) is 32.0 cm³/mol. The topological polar surface area (TPSA) is 44.9 Å². The molecule has 1 amide bonds. The van der Waals surface area contributed by atoms with Gasteiger partial charge in [0.1, 0.15) is 0 Å². The Morgan fingerprint density at radius 1 is 1.44 bits per heavy atom. The molecule has 0 aliphatic carbocycles. The third kappa shape index (κ3) is 0.483. The van der Waals surface area contributed by atoms with Crippen LogP contribution in [-0.4, -0.2) is 10.9 Å². The van der Waals surface area contributed by atoms with Crippen LogP contribution in [0.15, 0.2) is 12.4 Å². The maximum absolute atomic E-state index is 10.8. The van der Waals surface area contributed by atoms with Gasteiger partial charge in [-0.1, -0.05) is 0 Å². The van der Waals surface area contributed by atoms with E-state index in [1.54, 1.807) is 6.20 Å². The lowest BCUT2D eigenvalue weighted by Crippen LogP contribution is -2.12. The zero-order valence-electron chi connectivity index (χ0n) is 4.77. The van der Waals surface area contributed by atoms with Gasteiger partial charge in [0.15, 0.2) is 0 Å². The van der Waals surface area contributed by atoms with Crippen LogP contribution in [0, 0.1) is 0 Å². The lowest BCUT2D eigenvalue weighted by Gasteiger charge is -1.85. The number of fused-ring (bicyclic) bond motifs is 1. The summed E-state index contributed by atoms with van der Waals surface area (Å²) < 4.78 is 0. The number of H-pyrrole nitrogens is 1. The Morgan fingerprint density at radius 2 is 2.33 bits per heavy atom. The molecule has 9 heavy (non-hydrogen) atoms. The largest absolute Gasteiger partial charge is 0.367 e. The highest BCUT2D eigenvalue weighted by molar-refractivity contribution is 5.98. The third-order valence-corrected chi connectivity index (χ3v) is 1.52. The lowest BCUT2D eigenvalue weighted by molar-refractivity contribution is 0.0965. The Morgan fingerprint density at radius 3 is 3.11 bits per heavy atom. The summed E-state index contributed by atoms with van der Waals surface area (Å²) >= 11 is 0. The van der Waals surface area contributed by atoms with Crippen LogP contribution in [0.5, 0.6) is 0 Å². The first-order valence-electron chi connectivity index (χ1n) is 2.82. The molecule has 0 radical (unpaired) electrons. The van der Waals surface area contributed by atoms with E-state index < -0.39 is 0 Å². The van der Waals surface area contributed by atoms with Crippen molar-refractivity contribution >= 4 is 5.91 Å². The number of rotatable bonds is 0. The summed E-state index contributed by atoms with van der Waals surface area (Å²) in [6, 6.07) is 0. The number of carbonyl (C=O) groups excluding carboxylic acids is 1. The molecule has 3 heteroatoms. The number of aromatic amines is 1. The van der Waals surface area contributed by atoms with Crippen LogP contribution in [0.1, 0.15) is 15.9 Å². The fourth-order valence-corrected chi connectivity index (χ4v) is 1.02. The van der Waals surface area contributed by atoms with E-state index in [-0.39, 0.29) is 5.91 Å². The van der Waals surface area contributed by atoms with E-state index in [1.165, 1.54) is 0 Å². The summed E-state index contributed by atoms with van der Waals surface area (Å²) in [4.78, 5) is 13.7. The third-order valence-electron chi connectivity index (χ3n) is 1.52. The molecule has 0 saturated heterocycles. The van der Waals surface area contributed by atoms with Gasteiger partial charge in [-0.15, -0.1) is 0 Å². The first kappa shape index (κ1) is 4.61. The molecular weight excluding hydrogens is 116 g/mol. The van der Waals surface area contributed by atoms with Crippen molar-refractivity contribution < 1.29 is 4.79 Å². The van der Waals surface area contributed by atoms with Crippen molar-refractivity contribution in [3.63, 3.8) is 0 Å². The number of hydrogen-bond donors (Lipinski definition) is 2. The quantitative estimate of drug-likeness (QED) is 0.509. The van der Waals surface area contributed by atoms with Gasteiger partial charge in [-0.25, -0.2) is 0 Å². The monoisotopic (exact) mass is 122 g/mol. The van der Waals surface area contributed by atoms with Gasteiger partial charge in [-0.3, -0.25) is 4.79 Å². The first-order valence-corrected chi connectivity index (χ1v) is 2.82. The summed E-state index contributed by atoms with van der Waals surface area (Å²) in [5.74, 6) is 0.0336. The Kier molecular flexibility index (Phi) is 0.704. The van der Waals surface area contributed by atoms with E-state index in [0.29, 0.717) is 6.54 Å². The van der Waals surface area contributed by atoms with E-state index in [4.69, 9.17) is 0 Å². The molecule has 2 rings (SSSR count). The van der Waals surface area contributed by atoms with Gasteiger partial charge in [0, 0.05) is 24.5 Å². The molecule has 1 aliphatic rings. The average Bonchev–Trinajstić information content (AvgIpc) is 2.35. The Hall–Kier alpha value is -1.25. The normalized spacial score (nSPS) is 15.3. The second-order valence-corrected chi connectivity index (χ2v) is 2.08. The van der Waals surface area contributed by atoms with Gasteiger partial charge >= 0.3 is 0 Å².